The number of nitrogens with zero attached hydrogens (tertiary/aromatic N) is 1. The molecule has 9 nitrogen and oxygen atoms in total. The van der Waals surface area contributed by atoms with E-state index in [1.54, 1.807) is 0 Å². The minimum Gasteiger partial charge on any atom is -0.462 e. The van der Waals surface area contributed by atoms with Crippen LogP contribution in [0.25, 0.3) is 0 Å². The monoisotopic (exact) mass is 1340 g/mol. The van der Waals surface area contributed by atoms with Crippen molar-refractivity contribution < 1.29 is 42.1 Å². The number of carbonyl (C=O) groups is 2. The van der Waals surface area contributed by atoms with Gasteiger partial charge in [0.15, 0.2) is 6.10 Å². The van der Waals surface area contributed by atoms with Gasteiger partial charge in [0.05, 0.1) is 27.7 Å². The van der Waals surface area contributed by atoms with E-state index in [0.717, 1.165) is 64.2 Å². The molecule has 0 saturated carbocycles. The summed E-state index contributed by atoms with van der Waals surface area (Å²) in [5.74, 6) is -0.779. The third-order valence-corrected chi connectivity index (χ3v) is 19.2. The van der Waals surface area contributed by atoms with Crippen LogP contribution in [0.15, 0.2) is 72.9 Å². The van der Waals surface area contributed by atoms with E-state index < -0.39 is 26.5 Å². The standard InChI is InChI=1S/C84H156NO8P/c1-6-8-10-12-14-16-18-20-22-24-26-28-30-32-34-36-38-39-40-41-42-43-44-45-47-48-50-52-54-56-58-60-62-64-66-68-70-72-74-76-83(86)90-80-82(81-92-94(88,89)91-79-78-85(3,4)5)93-84(87)77-75-73-71-69-67-65-63-61-59-57-55-53-51-49-46-37-35-33-31-29-27-25-23-21-19-17-15-13-11-9-7-2/h9,11,15,17,21,23-24,26-27,29,33,35,82H,6-8,10,12-14,16,18-20,22,25,28,30-32,34,36-81H2,1-5H3/p+1/b11-9-,17-15-,23-21-,26-24-,29-27-,35-33-. The Hall–Kier alpha value is -2.55. The summed E-state index contributed by atoms with van der Waals surface area (Å²) >= 11 is 0. The fourth-order valence-corrected chi connectivity index (χ4v) is 12.8. The average Bonchev–Trinajstić information content (AvgIpc) is 1.66. The molecule has 0 radical (unpaired) electrons. The number of carbonyl (C=O) groups excluding carboxylic acids is 2. The van der Waals surface area contributed by atoms with Crippen molar-refractivity contribution >= 4 is 19.8 Å². The fraction of sp³-hybridized carbons (Fsp3) is 0.833. The molecule has 0 aromatic rings. The molecule has 10 heteroatoms. The Morgan fingerprint density at radius 3 is 0.915 bits per heavy atom. The maximum absolute atomic E-state index is 12.9. The largest absolute Gasteiger partial charge is 0.472 e. The molecule has 0 aliphatic rings. The summed E-state index contributed by atoms with van der Waals surface area (Å²) in [6.45, 7) is 4.38. The molecule has 2 atom stereocenters. The Bertz CT molecular complexity index is 1820. The summed E-state index contributed by atoms with van der Waals surface area (Å²) in [5.41, 5.74) is 0. The maximum Gasteiger partial charge on any atom is 0.472 e. The number of phosphoric ester groups is 1. The molecule has 0 fully saturated rings. The van der Waals surface area contributed by atoms with Crippen molar-refractivity contribution in [3.05, 3.63) is 72.9 Å². The average molecular weight is 1340 g/mol. The SMILES string of the molecule is CC/C=C\C/C=C\C/C=C\C/C=C\C/C=C\CCCCCCCCCCCCCCCCCC(=O)OC(COC(=O)CCCCCCCCCCCCCCCCCCCCCCCCCCCCC/C=C\CCCCCCCCCC)COP(=O)(O)OCC[N+](C)(C)C. The summed E-state index contributed by atoms with van der Waals surface area (Å²) in [4.78, 5) is 36.0. The lowest BCUT2D eigenvalue weighted by Crippen LogP contribution is -2.37. The lowest BCUT2D eigenvalue weighted by Gasteiger charge is -2.24. The van der Waals surface area contributed by atoms with Gasteiger partial charge in [0, 0.05) is 12.8 Å². The highest BCUT2D eigenvalue weighted by Gasteiger charge is 2.27. The number of rotatable bonds is 76. The van der Waals surface area contributed by atoms with Crippen LogP contribution < -0.4 is 0 Å². The van der Waals surface area contributed by atoms with Gasteiger partial charge in [-0.2, -0.15) is 0 Å². The summed E-state index contributed by atoms with van der Waals surface area (Å²) in [6.07, 6.45) is 102. The Morgan fingerprint density at radius 2 is 0.606 bits per heavy atom. The van der Waals surface area contributed by atoms with Crippen LogP contribution in [0.3, 0.4) is 0 Å². The summed E-state index contributed by atoms with van der Waals surface area (Å²) < 4.78 is 34.8. The van der Waals surface area contributed by atoms with E-state index in [4.69, 9.17) is 18.5 Å². The molecule has 0 saturated heterocycles. The van der Waals surface area contributed by atoms with Crippen LogP contribution in [0.4, 0.5) is 0 Å². The maximum atomic E-state index is 12.9. The lowest BCUT2D eigenvalue weighted by molar-refractivity contribution is -0.870. The first-order valence-electron chi connectivity index (χ1n) is 40.7. The van der Waals surface area contributed by atoms with Crippen molar-refractivity contribution in [1.29, 1.82) is 0 Å². The van der Waals surface area contributed by atoms with Gasteiger partial charge in [0.25, 0.3) is 0 Å². The predicted molar refractivity (Wildman–Crippen MR) is 409 cm³/mol. The van der Waals surface area contributed by atoms with Crippen molar-refractivity contribution in [3.63, 3.8) is 0 Å². The molecule has 0 aliphatic heterocycles. The first-order valence-corrected chi connectivity index (χ1v) is 42.2. The van der Waals surface area contributed by atoms with Crippen molar-refractivity contribution in [3.8, 4) is 0 Å². The van der Waals surface area contributed by atoms with Crippen LogP contribution in [0.2, 0.25) is 0 Å². The number of likely N-dealkylation sites (N-methyl/N-ethyl adjacent to an activating group) is 1. The molecule has 550 valence electrons. The van der Waals surface area contributed by atoms with Crippen LogP contribution in [-0.2, 0) is 32.7 Å². The lowest BCUT2D eigenvalue weighted by atomic mass is 10.0. The van der Waals surface area contributed by atoms with Crippen molar-refractivity contribution in [1.82, 2.24) is 0 Å². The van der Waals surface area contributed by atoms with Gasteiger partial charge in [-0.1, -0.05) is 376 Å². The number of allylic oxidation sites excluding steroid dienone is 12. The zero-order chi connectivity index (χ0) is 68.3. The van der Waals surface area contributed by atoms with Crippen LogP contribution in [0, 0.1) is 0 Å². The van der Waals surface area contributed by atoms with Gasteiger partial charge in [0.1, 0.15) is 19.8 Å². The fourth-order valence-electron chi connectivity index (χ4n) is 12.0. The van der Waals surface area contributed by atoms with Crippen LogP contribution in [0.1, 0.15) is 399 Å². The molecule has 0 amide bonds. The molecule has 0 spiro atoms. The minimum absolute atomic E-state index is 0.0323. The number of phosphoric acid groups is 1. The van der Waals surface area contributed by atoms with E-state index in [0.29, 0.717) is 23.9 Å². The predicted octanol–water partition coefficient (Wildman–Crippen LogP) is 27.1. The highest BCUT2D eigenvalue weighted by atomic mass is 31.2. The van der Waals surface area contributed by atoms with Gasteiger partial charge in [0.2, 0.25) is 0 Å². The van der Waals surface area contributed by atoms with E-state index >= 15 is 0 Å². The third kappa shape index (κ3) is 78.4. The summed E-state index contributed by atoms with van der Waals surface area (Å²) in [7, 11) is 1.49. The van der Waals surface area contributed by atoms with Crippen LogP contribution in [0.5, 0.6) is 0 Å². The Morgan fingerprint density at radius 1 is 0.340 bits per heavy atom. The zero-order valence-corrected chi connectivity index (χ0v) is 63.9. The second-order valence-corrected chi connectivity index (χ2v) is 30.2. The van der Waals surface area contributed by atoms with E-state index in [2.05, 4.69) is 86.8 Å². The Labute approximate surface area is 584 Å². The van der Waals surface area contributed by atoms with Crippen molar-refractivity contribution in [2.75, 3.05) is 47.5 Å². The van der Waals surface area contributed by atoms with E-state index in [-0.39, 0.29) is 25.6 Å². The van der Waals surface area contributed by atoms with E-state index in [1.165, 1.54) is 302 Å². The second-order valence-electron chi connectivity index (χ2n) is 28.8. The topological polar surface area (TPSA) is 108 Å². The number of unbranched alkanes of at least 4 members (excludes halogenated alkanes) is 50. The van der Waals surface area contributed by atoms with Gasteiger partial charge in [-0.25, -0.2) is 4.57 Å². The molecule has 94 heavy (non-hydrogen) atoms. The molecule has 0 aromatic heterocycles. The second kappa shape index (κ2) is 74.7. The molecule has 0 aliphatic carbocycles. The Kier molecular flexibility index (Phi) is 72.6. The molecule has 2 unspecified atom stereocenters. The van der Waals surface area contributed by atoms with Gasteiger partial charge in [-0.3, -0.25) is 18.6 Å². The van der Waals surface area contributed by atoms with Crippen LogP contribution >= 0.6 is 7.82 Å². The molecular formula is C84H157NO8P+. The number of hydrogen-bond acceptors (Lipinski definition) is 7. The Balaban J connectivity index is 3.90. The molecule has 0 rings (SSSR count). The van der Waals surface area contributed by atoms with Crippen molar-refractivity contribution in [2.45, 2.75) is 405 Å². The van der Waals surface area contributed by atoms with Crippen LogP contribution in [-0.4, -0.2) is 74.9 Å². The van der Waals surface area contributed by atoms with Gasteiger partial charge >= 0.3 is 19.8 Å². The number of ether oxygens (including phenoxy) is 2. The summed E-state index contributed by atoms with van der Waals surface area (Å²) in [6, 6.07) is 0. The number of quaternary nitrogens is 1. The minimum atomic E-state index is -4.40. The van der Waals surface area contributed by atoms with E-state index in [9.17, 15) is 19.0 Å². The first-order chi connectivity index (χ1) is 46.0. The van der Waals surface area contributed by atoms with Gasteiger partial charge in [-0.15, -0.1) is 0 Å². The summed E-state index contributed by atoms with van der Waals surface area (Å²) in [5, 5.41) is 0. The smallest absolute Gasteiger partial charge is 0.462 e. The quantitative estimate of drug-likeness (QED) is 0.0211. The number of esters is 2. The highest BCUT2D eigenvalue weighted by molar-refractivity contribution is 7.47. The van der Waals surface area contributed by atoms with Gasteiger partial charge in [-0.05, 0) is 83.5 Å². The molecule has 0 bridgehead atoms. The number of hydrogen-bond donors (Lipinski definition) is 1. The zero-order valence-electron chi connectivity index (χ0n) is 63.0. The van der Waals surface area contributed by atoms with Gasteiger partial charge < -0.3 is 18.9 Å². The molecule has 1 N–H and O–H groups in total. The molecule has 0 heterocycles. The van der Waals surface area contributed by atoms with E-state index in [1.807, 2.05) is 21.1 Å². The molecular weight excluding hydrogens is 1180 g/mol. The third-order valence-electron chi connectivity index (χ3n) is 18.2. The normalized spacial score (nSPS) is 13.4. The molecule has 0 aromatic carbocycles. The first kappa shape index (κ1) is 91.4. The van der Waals surface area contributed by atoms with Crippen molar-refractivity contribution in [2.24, 2.45) is 0 Å². The highest BCUT2D eigenvalue weighted by Crippen LogP contribution is 2.43.